The number of rotatable bonds is 4. The lowest BCUT2D eigenvalue weighted by molar-refractivity contribution is -0.143. The van der Waals surface area contributed by atoms with Crippen LogP contribution < -0.4 is 4.74 Å². The second-order valence-electron chi connectivity index (χ2n) is 7.16. The van der Waals surface area contributed by atoms with Crippen molar-refractivity contribution in [3.8, 4) is 11.6 Å². The van der Waals surface area contributed by atoms with Crippen molar-refractivity contribution in [3.05, 3.63) is 65.3 Å². The predicted molar refractivity (Wildman–Crippen MR) is 109 cm³/mol. The summed E-state index contributed by atoms with van der Waals surface area (Å²) < 4.78 is 7.50. The number of halogens is 1. The maximum absolute atomic E-state index is 12.6. The Bertz CT molecular complexity index is 945. The van der Waals surface area contributed by atoms with Gasteiger partial charge in [0.1, 0.15) is 0 Å². The molecule has 0 bridgehead atoms. The molecule has 0 saturated heterocycles. The van der Waals surface area contributed by atoms with Crippen LogP contribution in [0.2, 0.25) is 5.02 Å². The minimum absolute atomic E-state index is 0.308. The molecule has 0 aliphatic heterocycles. The highest BCUT2D eigenvalue weighted by Gasteiger charge is 2.28. The van der Waals surface area contributed by atoms with Crippen LogP contribution in [0.25, 0.3) is 5.69 Å². The Labute approximate surface area is 168 Å². The van der Waals surface area contributed by atoms with Crippen molar-refractivity contribution in [1.82, 2.24) is 9.78 Å². The van der Waals surface area contributed by atoms with Gasteiger partial charge in [-0.05, 0) is 64.1 Å². The SMILES string of the molecule is Cc1nn(-c2ccccc2)c(OC(=O)C(C)(C)C)c1Sc1ccc(Cl)cc1. The highest BCUT2D eigenvalue weighted by Crippen LogP contribution is 2.40. The van der Waals surface area contributed by atoms with Crippen molar-refractivity contribution in [2.75, 3.05) is 0 Å². The molecule has 1 heterocycles. The van der Waals surface area contributed by atoms with Crippen molar-refractivity contribution in [3.63, 3.8) is 0 Å². The fourth-order valence-electron chi connectivity index (χ4n) is 2.30. The summed E-state index contributed by atoms with van der Waals surface area (Å²) in [6.45, 7) is 7.40. The quantitative estimate of drug-likeness (QED) is 0.508. The Balaban J connectivity index is 2.07. The lowest BCUT2D eigenvalue weighted by Crippen LogP contribution is -2.26. The Hall–Kier alpha value is -2.24. The van der Waals surface area contributed by atoms with Crippen LogP contribution in [-0.2, 0) is 4.79 Å². The molecule has 0 amide bonds. The largest absolute Gasteiger partial charge is 0.406 e. The zero-order valence-electron chi connectivity index (χ0n) is 15.7. The van der Waals surface area contributed by atoms with Gasteiger partial charge in [0.05, 0.1) is 21.7 Å². The highest BCUT2D eigenvalue weighted by atomic mass is 35.5. The number of hydrogen-bond acceptors (Lipinski definition) is 4. The summed E-state index contributed by atoms with van der Waals surface area (Å²) in [7, 11) is 0. The second kappa shape index (κ2) is 7.79. The molecule has 0 aliphatic rings. The van der Waals surface area contributed by atoms with Gasteiger partial charge in [-0.3, -0.25) is 4.79 Å². The summed E-state index contributed by atoms with van der Waals surface area (Å²) in [5, 5.41) is 5.30. The Morgan fingerprint density at radius 3 is 2.30 bits per heavy atom. The summed E-state index contributed by atoms with van der Waals surface area (Å²) >= 11 is 7.48. The van der Waals surface area contributed by atoms with Crippen LogP contribution in [0.15, 0.2) is 64.4 Å². The number of hydrogen-bond donors (Lipinski definition) is 0. The molecule has 1 aromatic heterocycles. The predicted octanol–water partition coefficient (Wildman–Crippen LogP) is 5.94. The molecule has 27 heavy (non-hydrogen) atoms. The molecule has 0 unspecified atom stereocenters. The molecule has 0 N–H and O–H groups in total. The third kappa shape index (κ3) is 4.54. The number of carbonyl (C=O) groups excluding carboxylic acids is 1. The van der Waals surface area contributed by atoms with E-state index in [1.54, 1.807) is 4.68 Å². The summed E-state index contributed by atoms with van der Waals surface area (Å²) in [6, 6.07) is 17.2. The van der Waals surface area contributed by atoms with Gasteiger partial charge in [-0.15, -0.1) is 0 Å². The Morgan fingerprint density at radius 2 is 1.70 bits per heavy atom. The second-order valence-corrected chi connectivity index (χ2v) is 8.68. The van der Waals surface area contributed by atoms with E-state index in [2.05, 4.69) is 5.10 Å². The first-order chi connectivity index (χ1) is 12.8. The van der Waals surface area contributed by atoms with Gasteiger partial charge in [-0.1, -0.05) is 41.6 Å². The number of para-hydroxylation sites is 1. The standard InChI is InChI=1S/C21H21ClN2O2S/c1-14-18(27-17-12-10-15(22)11-13-17)19(26-20(25)21(2,3)4)24(23-14)16-8-6-5-7-9-16/h5-13H,1-4H3. The van der Waals surface area contributed by atoms with Crippen LogP contribution in [0.5, 0.6) is 5.88 Å². The van der Waals surface area contributed by atoms with Gasteiger partial charge in [0, 0.05) is 9.92 Å². The van der Waals surface area contributed by atoms with Crippen molar-refractivity contribution >= 4 is 29.3 Å². The minimum Gasteiger partial charge on any atom is -0.406 e. The molecule has 0 aliphatic carbocycles. The van der Waals surface area contributed by atoms with Gasteiger partial charge in [0.25, 0.3) is 0 Å². The molecular formula is C21H21ClN2O2S. The fourth-order valence-corrected chi connectivity index (χ4v) is 3.34. The zero-order chi connectivity index (χ0) is 19.6. The molecule has 140 valence electrons. The normalized spacial score (nSPS) is 11.4. The minimum atomic E-state index is -0.623. The van der Waals surface area contributed by atoms with Gasteiger partial charge in [0.15, 0.2) is 0 Å². The number of benzene rings is 2. The number of ether oxygens (including phenoxy) is 1. The van der Waals surface area contributed by atoms with E-state index in [9.17, 15) is 4.79 Å². The molecule has 3 aromatic rings. The van der Waals surface area contributed by atoms with E-state index < -0.39 is 5.41 Å². The Morgan fingerprint density at radius 1 is 1.07 bits per heavy atom. The molecule has 3 rings (SSSR count). The fraction of sp³-hybridized carbons (Fsp3) is 0.238. The van der Waals surface area contributed by atoms with E-state index in [-0.39, 0.29) is 5.97 Å². The first-order valence-corrected chi connectivity index (χ1v) is 9.76. The van der Waals surface area contributed by atoms with E-state index in [0.717, 1.165) is 21.2 Å². The van der Waals surface area contributed by atoms with Gasteiger partial charge in [-0.25, -0.2) is 0 Å². The molecule has 0 saturated carbocycles. The van der Waals surface area contributed by atoms with Gasteiger partial charge < -0.3 is 4.74 Å². The van der Waals surface area contributed by atoms with Crippen LogP contribution in [0.1, 0.15) is 26.5 Å². The maximum Gasteiger partial charge on any atom is 0.317 e. The average Bonchev–Trinajstić information content (AvgIpc) is 2.93. The highest BCUT2D eigenvalue weighted by molar-refractivity contribution is 7.99. The number of aromatic nitrogens is 2. The first-order valence-electron chi connectivity index (χ1n) is 8.56. The van der Waals surface area contributed by atoms with Crippen LogP contribution in [0, 0.1) is 12.3 Å². The summed E-state index contributed by atoms with van der Waals surface area (Å²) in [5.41, 5.74) is 0.998. The molecule has 6 heteroatoms. The molecule has 0 spiro atoms. The maximum atomic E-state index is 12.6. The monoisotopic (exact) mass is 400 g/mol. The Kier molecular flexibility index (Phi) is 5.63. The van der Waals surface area contributed by atoms with Gasteiger partial charge in [-0.2, -0.15) is 9.78 Å². The first kappa shape index (κ1) is 19.5. The topological polar surface area (TPSA) is 44.1 Å². The number of aryl methyl sites for hydroxylation is 1. The number of carbonyl (C=O) groups is 1. The summed E-state index contributed by atoms with van der Waals surface area (Å²) in [4.78, 5) is 14.4. The molecular weight excluding hydrogens is 380 g/mol. The summed E-state index contributed by atoms with van der Waals surface area (Å²) in [6.07, 6.45) is 0. The molecule has 0 fully saturated rings. The molecule has 0 radical (unpaired) electrons. The van der Waals surface area contributed by atoms with Gasteiger partial charge in [0.2, 0.25) is 5.88 Å². The number of esters is 1. The van der Waals surface area contributed by atoms with Crippen LogP contribution in [0.3, 0.4) is 0 Å². The third-order valence-electron chi connectivity index (χ3n) is 3.80. The van der Waals surface area contributed by atoms with Gasteiger partial charge >= 0.3 is 5.97 Å². The van der Waals surface area contributed by atoms with Crippen LogP contribution in [0.4, 0.5) is 0 Å². The zero-order valence-corrected chi connectivity index (χ0v) is 17.3. The van der Waals surface area contributed by atoms with Crippen molar-refractivity contribution in [1.29, 1.82) is 0 Å². The van der Waals surface area contributed by atoms with E-state index in [4.69, 9.17) is 16.3 Å². The van der Waals surface area contributed by atoms with E-state index in [0.29, 0.717) is 10.9 Å². The number of nitrogens with zero attached hydrogens (tertiary/aromatic N) is 2. The van der Waals surface area contributed by atoms with Crippen molar-refractivity contribution in [2.45, 2.75) is 37.5 Å². The van der Waals surface area contributed by atoms with E-state index in [1.807, 2.05) is 82.3 Å². The molecule has 4 nitrogen and oxygen atoms in total. The lowest BCUT2D eigenvalue weighted by atomic mass is 9.97. The van der Waals surface area contributed by atoms with Crippen molar-refractivity contribution in [2.24, 2.45) is 5.41 Å². The molecule has 0 atom stereocenters. The third-order valence-corrected chi connectivity index (χ3v) is 5.24. The average molecular weight is 401 g/mol. The van der Waals surface area contributed by atoms with E-state index in [1.165, 1.54) is 11.8 Å². The summed E-state index contributed by atoms with van der Waals surface area (Å²) in [5.74, 6) is 0.121. The van der Waals surface area contributed by atoms with Crippen molar-refractivity contribution < 1.29 is 9.53 Å². The van der Waals surface area contributed by atoms with Crippen LogP contribution >= 0.6 is 23.4 Å². The smallest absolute Gasteiger partial charge is 0.317 e. The lowest BCUT2D eigenvalue weighted by Gasteiger charge is -2.17. The molecule has 2 aromatic carbocycles. The van der Waals surface area contributed by atoms with Crippen LogP contribution in [-0.4, -0.2) is 15.7 Å². The van der Waals surface area contributed by atoms with E-state index >= 15 is 0 Å².